The van der Waals surface area contributed by atoms with Crippen LogP contribution >= 0.6 is 0 Å². The van der Waals surface area contributed by atoms with Crippen molar-refractivity contribution in [3.8, 4) is 5.75 Å². The number of aromatic nitrogens is 3. The second-order valence-corrected chi connectivity index (χ2v) is 6.03. The molecule has 1 aromatic heterocycles. The number of carboxylic acids is 1. The van der Waals surface area contributed by atoms with Crippen LogP contribution in [-0.4, -0.2) is 32.7 Å². The zero-order valence-corrected chi connectivity index (χ0v) is 13.8. The van der Waals surface area contributed by atoms with Gasteiger partial charge in [-0.15, -0.1) is 5.10 Å². The van der Waals surface area contributed by atoms with Crippen LogP contribution in [0, 0.1) is 12.8 Å². The zero-order valence-electron chi connectivity index (χ0n) is 13.8. The van der Waals surface area contributed by atoms with Crippen molar-refractivity contribution in [3.05, 3.63) is 41.2 Å². The Morgan fingerprint density at radius 2 is 2.17 bits per heavy atom. The topological polar surface area (TPSA) is 77.2 Å². The zero-order chi connectivity index (χ0) is 16.8. The highest BCUT2D eigenvalue weighted by molar-refractivity contribution is 5.86. The highest BCUT2D eigenvalue weighted by atomic mass is 16.5. The van der Waals surface area contributed by atoms with Gasteiger partial charge in [-0.1, -0.05) is 31.2 Å². The highest BCUT2D eigenvalue weighted by Gasteiger charge is 2.19. The Morgan fingerprint density at radius 1 is 1.39 bits per heavy atom. The molecule has 0 radical (unpaired) electrons. The van der Waals surface area contributed by atoms with E-state index in [1.54, 1.807) is 4.68 Å². The first-order valence-electron chi connectivity index (χ1n) is 7.82. The molecule has 0 spiro atoms. The lowest BCUT2D eigenvalue weighted by atomic mass is 10.1. The summed E-state index contributed by atoms with van der Waals surface area (Å²) in [6, 6.07) is 7.90. The van der Waals surface area contributed by atoms with Crippen LogP contribution in [0.25, 0.3) is 0 Å². The minimum atomic E-state index is -1.03. The average Bonchev–Trinajstić information content (AvgIpc) is 2.86. The maximum Gasteiger partial charge on any atom is 0.358 e. The van der Waals surface area contributed by atoms with Gasteiger partial charge in [-0.25, -0.2) is 9.48 Å². The van der Waals surface area contributed by atoms with E-state index in [9.17, 15) is 9.90 Å². The molecule has 1 N–H and O–H groups in total. The first-order chi connectivity index (χ1) is 11.0. The van der Waals surface area contributed by atoms with Crippen molar-refractivity contribution >= 4 is 5.97 Å². The number of ether oxygens (including phenoxy) is 1. The van der Waals surface area contributed by atoms with Gasteiger partial charge in [-0.2, -0.15) is 0 Å². The summed E-state index contributed by atoms with van der Waals surface area (Å²) in [5, 5.41) is 17.0. The van der Waals surface area contributed by atoms with Crippen LogP contribution < -0.4 is 4.74 Å². The number of hydrogen-bond donors (Lipinski definition) is 1. The number of aryl methyl sites for hydroxylation is 2. The van der Waals surface area contributed by atoms with Crippen molar-refractivity contribution in [2.45, 2.75) is 40.2 Å². The molecule has 1 aromatic carbocycles. The Kier molecular flexibility index (Phi) is 5.73. The second-order valence-electron chi connectivity index (χ2n) is 6.03. The third kappa shape index (κ3) is 4.81. The Morgan fingerprint density at radius 3 is 2.83 bits per heavy atom. The fraction of sp³-hybridized carbons (Fsp3) is 0.471. The van der Waals surface area contributed by atoms with E-state index in [-0.39, 0.29) is 5.69 Å². The summed E-state index contributed by atoms with van der Waals surface area (Å²) in [4.78, 5) is 11.2. The Bertz CT molecular complexity index is 665. The summed E-state index contributed by atoms with van der Waals surface area (Å²) >= 11 is 0. The monoisotopic (exact) mass is 317 g/mol. The molecule has 0 aliphatic rings. The van der Waals surface area contributed by atoms with Gasteiger partial charge in [0.15, 0.2) is 5.69 Å². The molecular weight excluding hydrogens is 294 g/mol. The minimum absolute atomic E-state index is 0.0540. The van der Waals surface area contributed by atoms with Crippen LogP contribution in [0.4, 0.5) is 0 Å². The standard InChI is InChI=1S/C17H23N3O3/c1-12(2)10-15-16(17(21)22)18-19-20(15)8-5-9-23-14-7-4-6-13(3)11-14/h4,6-7,11-12H,5,8-10H2,1-3H3,(H,21,22). The number of nitrogens with zero attached hydrogens (tertiary/aromatic N) is 3. The molecule has 6 nitrogen and oxygen atoms in total. The summed E-state index contributed by atoms with van der Waals surface area (Å²) in [6.45, 7) is 7.25. The summed E-state index contributed by atoms with van der Waals surface area (Å²) in [5.41, 5.74) is 1.89. The van der Waals surface area contributed by atoms with Crippen LogP contribution in [0.1, 0.15) is 42.0 Å². The fourth-order valence-electron chi connectivity index (χ4n) is 2.38. The second kappa shape index (κ2) is 7.76. The predicted octanol–water partition coefficient (Wildman–Crippen LogP) is 2.95. The average molecular weight is 317 g/mol. The van der Waals surface area contributed by atoms with Gasteiger partial charge in [-0.3, -0.25) is 0 Å². The smallest absolute Gasteiger partial charge is 0.358 e. The highest BCUT2D eigenvalue weighted by Crippen LogP contribution is 2.14. The van der Waals surface area contributed by atoms with E-state index in [0.717, 1.165) is 17.7 Å². The summed E-state index contributed by atoms with van der Waals surface area (Å²) in [7, 11) is 0. The number of carbonyl (C=O) groups is 1. The van der Waals surface area contributed by atoms with E-state index in [0.29, 0.717) is 31.2 Å². The molecule has 0 bridgehead atoms. The molecule has 124 valence electrons. The van der Waals surface area contributed by atoms with E-state index < -0.39 is 5.97 Å². The molecular formula is C17H23N3O3. The molecule has 0 unspecified atom stereocenters. The first kappa shape index (κ1) is 17.0. The number of benzene rings is 1. The van der Waals surface area contributed by atoms with Crippen molar-refractivity contribution in [2.75, 3.05) is 6.61 Å². The van der Waals surface area contributed by atoms with Gasteiger partial charge in [0.2, 0.25) is 0 Å². The van der Waals surface area contributed by atoms with Crippen LogP contribution in [-0.2, 0) is 13.0 Å². The van der Waals surface area contributed by atoms with Crippen LogP contribution in [0.3, 0.4) is 0 Å². The predicted molar refractivity (Wildman–Crippen MR) is 86.8 cm³/mol. The van der Waals surface area contributed by atoms with E-state index in [1.807, 2.05) is 45.0 Å². The normalized spacial score (nSPS) is 11.0. The molecule has 2 aromatic rings. The van der Waals surface area contributed by atoms with Gasteiger partial charge in [0.1, 0.15) is 5.75 Å². The molecule has 23 heavy (non-hydrogen) atoms. The van der Waals surface area contributed by atoms with Gasteiger partial charge in [0, 0.05) is 13.0 Å². The van der Waals surface area contributed by atoms with Crippen molar-refractivity contribution in [1.82, 2.24) is 15.0 Å². The Hall–Kier alpha value is -2.37. The van der Waals surface area contributed by atoms with Gasteiger partial charge in [-0.05, 0) is 37.0 Å². The van der Waals surface area contributed by atoms with E-state index in [2.05, 4.69) is 10.3 Å². The third-order valence-corrected chi connectivity index (χ3v) is 3.41. The lowest BCUT2D eigenvalue weighted by Gasteiger charge is -2.10. The third-order valence-electron chi connectivity index (χ3n) is 3.41. The summed E-state index contributed by atoms with van der Waals surface area (Å²) in [6.07, 6.45) is 1.38. The van der Waals surface area contributed by atoms with E-state index >= 15 is 0 Å². The number of rotatable bonds is 8. The molecule has 0 aliphatic heterocycles. The first-order valence-corrected chi connectivity index (χ1v) is 7.82. The largest absolute Gasteiger partial charge is 0.494 e. The Balaban J connectivity index is 1.93. The van der Waals surface area contributed by atoms with Gasteiger partial charge in [0.05, 0.1) is 12.3 Å². The number of hydrogen-bond acceptors (Lipinski definition) is 4. The molecule has 0 saturated heterocycles. The van der Waals surface area contributed by atoms with Crippen molar-refractivity contribution in [2.24, 2.45) is 5.92 Å². The molecule has 0 aliphatic carbocycles. The maximum absolute atomic E-state index is 11.2. The van der Waals surface area contributed by atoms with Gasteiger partial charge in [0.25, 0.3) is 0 Å². The molecule has 0 saturated carbocycles. The fourth-order valence-corrected chi connectivity index (χ4v) is 2.38. The number of aromatic carboxylic acids is 1. The molecule has 0 fully saturated rings. The molecule has 6 heteroatoms. The van der Waals surface area contributed by atoms with Crippen molar-refractivity contribution in [3.63, 3.8) is 0 Å². The molecule has 1 heterocycles. The van der Waals surface area contributed by atoms with Crippen molar-refractivity contribution in [1.29, 1.82) is 0 Å². The number of carboxylic acid groups (broad SMARTS) is 1. The quantitative estimate of drug-likeness (QED) is 0.757. The van der Waals surface area contributed by atoms with Crippen LogP contribution in [0.2, 0.25) is 0 Å². The Labute approximate surface area is 136 Å². The molecule has 2 rings (SSSR count). The summed E-state index contributed by atoms with van der Waals surface area (Å²) < 4.78 is 7.39. The van der Waals surface area contributed by atoms with Crippen LogP contribution in [0.15, 0.2) is 24.3 Å². The van der Waals surface area contributed by atoms with Crippen molar-refractivity contribution < 1.29 is 14.6 Å². The summed E-state index contributed by atoms with van der Waals surface area (Å²) in [5.74, 6) is 0.161. The van der Waals surface area contributed by atoms with Crippen LogP contribution in [0.5, 0.6) is 5.75 Å². The lowest BCUT2D eigenvalue weighted by molar-refractivity contribution is 0.0689. The van der Waals surface area contributed by atoms with E-state index in [1.165, 1.54) is 0 Å². The molecule has 0 amide bonds. The minimum Gasteiger partial charge on any atom is -0.494 e. The van der Waals surface area contributed by atoms with Gasteiger partial charge < -0.3 is 9.84 Å². The maximum atomic E-state index is 11.2. The molecule has 0 atom stereocenters. The SMILES string of the molecule is Cc1cccc(OCCCn2nnc(C(=O)O)c2CC(C)C)c1. The van der Waals surface area contributed by atoms with Gasteiger partial charge >= 0.3 is 5.97 Å². The van der Waals surface area contributed by atoms with E-state index in [4.69, 9.17) is 4.74 Å². The lowest BCUT2D eigenvalue weighted by Crippen LogP contribution is -2.13.